The molecule has 3 heterocycles. The van der Waals surface area contributed by atoms with Gasteiger partial charge in [0, 0.05) is 57.3 Å². The van der Waals surface area contributed by atoms with Crippen LogP contribution in [0.1, 0.15) is 47.0 Å². The van der Waals surface area contributed by atoms with Crippen LogP contribution >= 0.6 is 0 Å². The first-order valence-corrected chi connectivity index (χ1v) is 10.1. The molecule has 0 radical (unpaired) electrons. The maximum absolute atomic E-state index is 5.66. The van der Waals surface area contributed by atoms with Gasteiger partial charge in [0.25, 0.3) is 0 Å². The van der Waals surface area contributed by atoms with E-state index in [2.05, 4.69) is 47.8 Å². The van der Waals surface area contributed by atoms with Crippen LogP contribution in [0, 0.1) is 17.3 Å². The molecule has 3 aliphatic rings. The Labute approximate surface area is 154 Å². The Kier molecular flexibility index (Phi) is 5.64. The number of nitrogens with zero attached hydrogens (tertiary/aromatic N) is 3. The molecule has 0 aromatic carbocycles. The van der Waals surface area contributed by atoms with Gasteiger partial charge in [-0.25, -0.2) is 0 Å². The van der Waals surface area contributed by atoms with Crippen molar-refractivity contribution >= 4 is 5.96 Å². The molecular formula is C20H38N4O. The predicted molar refractivity (Wildman–Crippen MR) is 104 cm³/mol. The molecule has 1 N–H and O–H groups in total. The average molecular weight is 351 g/mol. The Hall–Kier alpha value is -0.810. The van der Waals surface area contributed by atoms with E-state index in [0.29, 0.717) is 5.41 Å². The lowest BCUT2D eigenvalue weighted by Crippen LogP contribution is -2.57. The number of aliphatic imine (C=N–C) groups is 1. The quantitative estimate of drug-likeness (QED) is 0.627. The average Bonchev–Trinajstić information content (AvgIpc) is 3.18. The summed E-state index contributed by atoms with van der Waals surface area (Å²) in [7, 11) is 1.91. The van der Waals surface area contributed by atoms with Crippen LogP contribution in [-0.4, -0.2) is 74.3 Å². The summed E-state index contributed by atoms with van der Waals surface area (Å²) in [5, 5.41) is 3.68. The lowest BCUT2D eigenvalue weighted by molar-refractivity contribution is 0.0480. The molecule has 5 heteroatoms. The summed E-state index contributed by atoms with van der Waals surface area (Å²) in [4.78, 5) is 9.68. The van der Waals surface area contributed by atoms with Gasteiger partial charge in [-0.3, -0.25) is 9.89 Å². The number of hydrogen-bond donors (Lipinski definition) is 1. The normalized spacial score (nSPS) is 34.9. The van der Waals surface area contributed by atoms with E-state index in [1.54, 1.807) is 0 Å². The lowest BCUT2D eigenvalue weighted by Gasteiger charge is -2.45. The molecular weight excluding hydrogens is 312 g/mol. The van der Waals surface area contributed by atoms with Gasteiger partial charge in [0.05, 0.1) is 6.61 Å². The first-order valence-electron chi connectivity index (χ1n) is 10.1. The topological polar surface area (TPSA) is 40.1 Å². The zero-order valence-electron chi connectivity index (χ0n) is 17.0. The van der Waals surface area contributed by atoms with Crippen molar-refractivity contribution in [2.24, 2.45) is 22.2 Å². The SMILES string of the molecule is CN=C(NCC(C)(C)N1CC(C)CC(C)C1)N1CCC2(CCOC2)C1. The third-order valence-electron chi connectivity index (χ3n) is 6.54. The minimum atomic E-state index is 0.146. The minimum absolute atomic E-state index is 0.146. The highest BCUT2D eigenvalue weighted by atomic mass is 16.5. The molecule has 3 unspecified atom stereocenters. The third kappa shape index (κ3) is 4.30. The molecule has 5 nitrogen and oxygen atoms in total. The van der Waals surface area contributed by atoms with E-state index in [1.807, 2.05) is 7.05 Å². The molecule has 3 aliphatic heterocycles. The van der Waals surface area contributed by atoms with Gasteiger partial charge in [0.1, 0.15) is 0 Å². The molecule has 3 rings (SSSR count). The van der Waals surface area contributed by atoms with Crippen LogP contribution in [0.2, 0.25) is 0 Å². The molecule has 0 aliphatic carbocycles. The standard InChI is InChI=1S/C20H38N4O/c1-16-10-17(2)12-24(11-16)19(3,4)13-22-18(21-5)23-8-6-20(14-23)7-9-25-15-20/h16-17H,6-15H2,1-5H3,(H,21,22). The number of piperidine rings is 1. The molecule has 25 heavy (non-hydrogen) atoms. The van der Waals surface area contributed by atoms with E-state index in [4.69, 9.17) is 4.74 Å². The van der Waals surface area contributed by atoms with E-state index in [9.17, 15) is 0 Å². The number of nitrogens with one attached hydrogen (secondary N) is 1. The lowest BCUT2D eigenvalue weighted by atomic mass is 9.87. The fourth-order valence-corrected chi connectivity index (χ4v) is 4.98. The summed E-state index contributed by atoms with van der Waals surface area (Å²) in [6.07, 6.45) is 3.80. The van der Waals surface area contributed by atoms with Crippen LogP contribution in [0.4, 0.5) is 0 Å². The summed E-state index contributed by atoms with van der Waals surface area (Å²) in [5.41, 5.74) is 0.525. The summed E-state index contributed by atoms with van der Waals surface area (Å²) in [6, 6.07) is 0. The van der Waals surface area contributed by atoms with Crippen molar-refractivity contribution < 1.29 is 4.74 Å². The molecule has 3 fully saturated rings. The second-order valence-electron chi connectivity index (χ2n) is 9.54. The number of ether oxygens (including phenoxy) is 1. The molecule has 3 atom stereocenters. The molecule has 0 aromatic heterocycles. The van der Waals surface area contributed by atoms with Crippen LogP contribution in [0.25, 0.3) is 0 Å². The second kappa shape index (κ2) is 7.43. The number of rotatable bonds is 3. The van der Waals surface area contributed by atoms with Gasteiger partial charge in [-0.15, -0.1) is 0 Å². The smallest absolute Gasteiger partial charge is 0.193 e. The van der Waals surface area contributed by atoms with E-state index >= 15 is 0 Å². The maximum atomic E-state index is 5.66. The first-order chi connectivity index (χ1) is 11.8. The van der Waals surface area contributed by atoms with E-state index in [-0.39, 0.29) is 5.54 Å². The largest absolute Gasteiger partial charge is 0.381 e. The van der Waals surface area contributed by atoms with E-state index < -0.39 is 0 Å². The zero-order chi connectivity index (χ0) is 18.1. The Morgan fingerprint density at radius 2 is 1.96 bits per heavy atom. The minimum Gasteiger partial charge on any atom is -0.381 e. The van der Waals surface area contributed by atoms with E-state index in [1.165, 1.54) is 32.4 Å². The van der Waals surface area contributed by atoms with Crippen LogP contribution in [0.5, 0.6) is 0 Å². The van der Waals surface area contributed by atoms with Crippen LogP contribution in [-0.2, 0) is 4.74 Å². The van der Waals surface area contributed by atoms with Crippen molar-refractivity contribution in [1.29, 1.82) is 0 Å². The van der Waals surface area contributed by atoms with Crippen molar-refractivity contribution in [2.45, 2.75) is 52.5 Å². The van der Waals surface area contributed by atoms with Gasteiger partial charge in [-0.05, 0) is 44.9 Å². The monoisotopic (exact) mass is 350 g/mol. The second-order valence-corrected chi connectivity index (χ2v) is 9.54. The summed E-state index contributed by atoms with van der Waals surface area (Å²) in [5.74, 6) is 2.65. The predicted octanol–water partition coefficient (Wildman–Crippen LogP) is 2.43. The van der Waals surface area contributed by atoms with Crippen LogP contribution in [0.3, 0.4) is 0 Å². The van der Waals surface area contributed by atoms with E-state index in [0.717, 1.165) is 50.6 Å². The molecule has 0 amide bonds. The van der Waals surface area contributed by atoms with Crippen molar-refractivity contribution in [3.05, 3.63) is 0 Å². The Bertz CT molecular complexity index is 474. The molecule has 0 bridgehead atoms. The number of likely N-dealkylation sites (tertiary alicyclic amines) is 2. The molecule has 0 aromatic rings. The molecule has 0 saturated carbocycles. The van der Waals surface area contributed by atoms with Gasteiger partial charge >= 0.3 is 0 Å². The summed E-state index contributed by atoms with van der Waals surface area (Å²) < 4.78 is 5.66. The number of guanidine groups is 1. The van der Waals surface area contributed by atoms with Crippen LogP contribution in [0.15, 0.2) is 4.99 Å². The summed E-state index contributed by atoms with van der Waals surface area (Å²) in [6.45, 7) is 16.9. The fourth-order valence-electron chi connectivity index (χ4n) is 4.98. The highest BCUT2D eigenvalue weighted by Gasteiger charge is 2.42. The third-order valence-corrected chi connectivity index (χ3v) is 6.54. The highest BCUT2D eigenvalue weighted by molar-refractivity contribution is 5.80. The van der Waals surface area contributed by atoms with Crippen molar-refractivity contribution in [2.75, 3.05) is 53.0 Å². The zero-order valence-corrected chi connectivity index (χ0v) is 17.0. The van der Waals surface area contributed by atoms with Gasteiger partial charge in [-0.2, -0.15) is 0 Å². The fraction of sp³-hybridized carbons (Fsp3) is 0.950. The highest BCUT2D eigenvalue weighted by Crippen LogP contribution is 2.38. The molecule has 3 saturated heterocycles. The van der Waals surface area contributed by atoms with Gasteiger partial charge < -0.3 is 15.0 Å². The Balaban J connectivity index is 1.55. The van der Waals surface area contributed by atoms with Crippen molar-refractivity contribution in [3.63, 3.8) is 0 Å². The Morgan fingerprint density at radius 3 is 2.56 bits per heavy atom. The molecule has 144 valence electrons. The van der Waals surface area contributed by atoms with Crippen LogP contribution < -0.4 is 5.32 Å². The number of hydrogen-bond acceptors (Lipinski definition) is 3. The maximum Gasteiger partial charge on any atom is 0.193 e. The summed E-state index contributed by atoms with van der Waals surface area (Å²) >= 11 is 0. The molecule has 1 spiro atoms. The first kappa shape index (κ1) is 19.0. The van der Waals surface area contributed by atoms with Crippen molar-refractivity contribution in [3.8, 4) is 0 Å². The Morgan fingerprint density at radius 1 is 1.24 bits per heavy atom. The van der Waals surface area contributed by atoms with Gasteiger partial charge in [0.2, 0.25) is 0 Å². The van der Waals surface area contributed by atoms with Crippen molar-refractivity contribution in [1.82, 2.24) is 15.1 Å². The van der Waals surface area contributed by atoms with Gasteiger partial charge in [0.15, 0.2) is 5.96 Å². The van der Waals surface area contributed by atoms with Gasteiger partial charge in [-0.1, -0.05) is 13.8 Å².